The second kappa shape index (κ2) is 10.4. The van der Waals surface area contributed by atoms with Crippen LogP contribution in [-0.4, -0.2) is 38.4 Å². The van der Waals surface area contributed by atoms with E-state index in [2.05, 4.69) is 15.0 Å². The number of rotatable bonds is 8. The molecule has 2 rings (SSSR count). The summed E-state index contributed by atoms with van der Waals surface area (Å²) in [6.45, 7) is 3.20. The van der Waals surface area contributed by atoms with E-state index in [9.17, 15) is 18.0 Å². The summed E-state index contributed by atoms with van der Waals surface area (Å²) in [6.07, 6.45) is 1.34. The van der Waals surface area contributed by atoms with Crippen LogP contribution in [0.4, 0.5) is 5.82 Å². The van der Waals surface area contributed by atoms with E-state index in [1.165, 1.54) is 18.3 Å². The van der Waals surface area contributed by atoms with Crippen molar-refractivity contribution in [2.45, 2.75) is 18.7 Å². The number of amides is 1. The Morgan fingerprint density at radius 2 is 1.83 bits per heavy atom. The number of nitrogens with zero attached hydrogens (tertiary/aromatic N) is 1. The molecule has 30 heavy (non-hydrogen) atoms. The predicted molar refractivity (Wildman–Crippen MR) is 115 cm³/mol. The summed E-state index contributed by atoms with van der Waals surface area (Å²) in [5, 5.41) is 2.54. The number of carbonyl (C=O) groups is 2. The van der Waals surface area contributed by atoms with E-state index in [0.29, 0.717) is 5.02 Å². The topological polar surface area (TPSA) is 114 Å². The lowest BCUT2D eigenvalue weighted by Gasteiger charge is -2.13. The van der Waals surface area contributed by atoms with Gasteiger partial charge in [0.2, 0.25) is 10.0 Å². The van der Waals surface area contributed by atoms with Crippen LogP contribution in [0.25, 0.3) is 0 Å². The molecule has 0 saturated carbocycles. The molecule has 0 aliphatic rings. The lowest BCUT2D eigenvalue weighted by atomic mass is 10.2. The minimum absolute atomic E-state index is 0.0592. The second-order valence-corrected chi connectivity index (χ2v) is 9.48. The Kier molecular flexibility index (Phi) is 8.45. The third-order valence-electron chi connectivity index (χ3n) is 3.54. The van der Waals surface area contributed by atoms with Crippen molar-refractivity contribution in [3.05, 3.63) is 51.1 Å². The van der Waals surface area contributed by atoms with Gasteiger partial charge in [0, 0.05) is 12.7 Å². The molecule has 1 aromatic carbocycles. The number of esters is 1. The van der Waals surface area contributed by atoms with Gasteiger partial charge in [0.15, 0.2) is 6.61 Å². The van der Waals surface area contributed by atoms with Gasteiger partial charge in [-0.1, -0.05) is 48.7 Å². The molecule has 0 atom stereocenters. The minimum Gasteiger partial charge on any atom is -0.452 e. The van der Waals surface area contributed by atoms with Crippen LogP contribution in [0.5, 0.6) is 0 Å². The number of pyridine rings is 1. The number of carbonyl (C=O) groups excluding carboxylic acids is 2. The molecule has 0 fully saturated rings. The average Bonchev–Trinajstić information content (AvgIpc) is 2.66. The first-order chi connectivity index (χ1) is 14.0. The zero-order chi connectivity index (χ0) is 22.5. The maximum Gasteiger partial charge on any atom is 0.340 e. The van der Waals surface area contributed by atoms with Crippen LogP contribution in [0, 0.1) is 5.92 Å². The highest BCUT2D eigenvalue weighted by Gasteiger charge is 2.24. The Balaban J connectivity index is 2.11. The molecule has 8 nitrogen and oxygen atoms in total. The summed E-state index contributed by atoms with van der Waals surface area (Å²) >= 11 is 17.7. The van der Waals surface area contributed by atoms with Crippen molar-refractivity contribution >= 4 is 62.5 Å². The van der Waals surface area contributed by atoms with Gasteiger partial charge in [-0.25, -0.2) is 22.9 Å². The number of nitrogens with one attached hydrogen (secondary N) is 2. The Morgan fingerprint density at radius 3 is 2.43 bits per heavy atom. The quantitative estimate of drug-likeness (QED) is 0.540. The van der Waals surface area contributed by atoms with Crippen molar-refractivity contribution in [1.82, 2.24) is 9.71 Å². The molecule has 1 heterocycles. The van der Waals surface area contributed by atoms with E-state index in [4.69, 9.17) is 39.5 Å². The third kappa shape index (κ3) is 6.82. The van der Waals surface area contributed by atoms with Gasteiger partial charge in [-0.15, -0.1) is 0 Å². The van der Waals surface area contributed by atoms with Gasteiger partial charge in [0.1, 0.15) is 10.7 Å². The Hall–Kier alpha value is -1.91. The summed E-state index contributed by atoms with van der Waals surface area (Å²) in [6, 6.07) is 5.13. The van der Waals surface area contributed by atoms with Crippen LogP contribution in [0.15, 0.2) is 35.4 Å². The molecule has 0 bridgehead atoms. The predicted octanol–water partition coefficient (Wildman–Crippen LogP) is 3.77. The lowest BCUT2D eigenvalue weighted by Crippen LogP contribution is -2.28. The molecule has 0 unspecified atom stereocenters. The Labute approximate surface area is 188 Å². The van der Waals surface area contributed by atoms with Gasteiger partial charge < -0.3 is 10.1 Å². The first kappa shape index (κ1) is 24.4. The number of anilines is 1. The van der Waals surface area contributed by atoms with Crippen molar-refractivity contribution in [1.29, 1.82) is 0 Å². The highest BCUT2D eigenvalue weighted by Crippen LogP contribution is 2.29. The van der Waals surface area contributed by atoms with Crippen LogP contribution in [0.1, 0.15) is 24.2 Å². The third-order valence-corrected chi connectivity index (χ3v) is 5.97. The van der Waals surface area contributed by atoms with E-state index < -0.39 is 28.5 Å². The molecule has 0 spiro atoms. The Bertz CT molecular complexity index is 1040. The molecule has 2 N–H and O–H groups in total. The van der Waals surface area contributed by atoms with Crippen LogP contribution in [0.2, 0.25) is 15.1 Å². The molecule has 0 saturated heterocycles. The number of benzene rings is 1. The molecule has 0 aliphatic heterocycles. The van der Waals surface area contributed by atoms with Crippen molar-refractivity contribution < 1.29 is 22.7 Å². The summed E-state index contributed by atoms with van der Waals surface area (Å²) in [4.78, 5) is 27.8. The molecule has 162 valence electrons. The number of aromatic nitrogens is 1. The van der Waals surface area contributed by atoms with Gasteiger partial charge in [-0.3, -0.25) is 4.79 Å². The van der Waals surface area contributed by atoms with Gasteiger partial charge >= 0.3 is 5.97 Å². The zero-order valence-electron chi connectivity index (χ0n) is 15.9. The molecule has 1 aromatic heterocycles. The van der Waals surface area contributed by atoms with Crippen molar-refractivity contribution in [2.24, 2.45) is 5.92 Å². The summed E-state index contributed by atoms with van der Waals surface area (Å²) in [5.41, 5.74) is -0.247. The molecular formula is C18H18Cl3N3O5S. The zero-order valence-corrected chi connectivity index (χ0v) is 19.0. The largest absolute Gasteiger partial charge is 0.452 e. The summed E-state index contributed by atoms with van der Waals surface area (Å²) < 4.78 is 32.3. The van der Waals surface area contributed by atoms with Crippen LogP contribution in [-0.2, 0) is 19.6 Å². The fourth-order valence-electron chi connectivity index (χ4n) is 2.08. The van der Waals surface area contributed by atoms with Gasteiger partial charge in [-0.2, -0.15) is 0 Å². The number of halogens is 3. The van der Waals surface area contributed by atoms with E-state index in [-0.39, 0.29) is 38.8 Å². The SMILES string of the molecule is CC(C)CNS(=O)(=O)c1cc(C(=O)OCC(=O)Nc2ccc(Cl)cn2)c(Cl)cc1Cl. The monoisotopic (exact) mass is 493 g/mol. The smallest absolute Gasteiger partial charge is 0.340 e. The molecule has 0 aliphatic carbocycles. The van der Waals surface area contributed by atoms with Crippen LogP contribution in [0.3, 0.4) is 0 Å². The standard InChI is InChI=1S/C18H18Cl3N3O5S/c1-10(2)7-23-30(27,28)15-5-12(13(20)6-14(15)21)18(26)29-9-17(25)24-16-4-3-11(19)8-22-16/h3-6,8,10,23H,7,9H2,1-2H3,(H,22,24,25). The summed E-state index contributed by atoms with van der Waals surface area (Å²) in [5.74, 6) is -1.37. The number of hydrogen-bond acceptors (Lipinski definition) is 6. The van der Waals surface area contributed by atoms with Gasteiger partial charge in [0.25, 0.3) is 5.91 Å². The maximum atomic E-state index is 12.5. The van der Waals surface area contributed by atoms with Crippen LogP contribution >= 0.6 is 34.8 Å². The number of ether oxygens (including phenoxy) is 1. The first-order valence-electron chi connectivity index (χ1n) is 8.57. The molecule has 12 heteroatoms. The lowest BCUT2D eigenvalue weighted by molar-refractivity contribution is -0.119. The van der Waals surface area contributed by atoms with E-state index >= 15 is 0 Å². The highest BCUT2D eigenvalue weighted by molar-refractivity contribution is 7.89. The van der Waals surface area contributed by atoms with Gasteiger partial charge in [0.05, 0.1) is 20.6 Å². The van der Waals surface area contributed by atoms with E-state index in [1.54, 1.807) is 0 Å². The van der Waals surface area contributed by atoms with E-state index in [0.717, 1.165) is 12.1 Å². The minimum atomic E-state index is -3.98. The van der Waals surface area contributed by atoms with Crippen molar-refractivity contribution in [3.63, 3.8) is 0 Å². The molecule has 1 amide bonds. The Morgan fingerprint density at radius 1 is 1.13 bits per heavy atom. The highest BCUT2D eigenvalue weighted by atomic mass is 35.5. The van der Waals surface area contributed by atoms with Crippen molar-refractivity contribution in [2.75, 3.05) is 18.5 Å². The summed E-state index contributed by atoms with van der Waals surface area (Å²) in [7, 11) is -3.98. The number of sulfonamides is 1. The number of hydrogen-bond donors (Lipinski definition) is 2. The fraction of sp³-hybridized carbons (Fsp3) is 0.278. The normalized spacial score (nSPS) is 11.4. The van der Waals surface area contributed by atoms with Crippen molar-refractivity contribution in [3.8, 4) is 0 Å². The molecular weight excluding hydrogens is 477 g/mol. The second-order valence-electron chi connectivity index (χ2n) is 6.49. The fourth-order valence-corrected chi connectivity index (χ4v) is 4.26. The first-order valence-corrected chi connectivity index (χ1v) is 11.2. The maximum absolute atomic E-state index is 12.5. The average molecular weight is 495 g/mol. The molecule has 0 radical (unpaired) electrons. The van der Waals surface area contributed by atoms with Crippen LogP contribution < -0.4 is 10.0 Å². The molecule has 2 aromatic rings. The van der Waals surface area contributed by atoms with E-state index in [1.807, 2.05) is 13.8 Å². The van der Waals surface area contributed by atoms with Gasteiger partial charge in [-0.05, 0) is 30.2 Å².